The molecule has 0 atom stereocenters. The number of piperidine rings is 1. The van der Waals surface area contributed by atoms with Crippen LogP contribution in [0, 0.1) is 0 Å². The van der Waals surface area contributed by atoms with E-state index < -0.39 is 0 Å². The third-order valence-corrected chi connectivity index (χ3v) is 3.80. The van der Waals surface area contributed by atoms with E-state index in [9.17, 15) is 0 Å². The summed E-state index contributed by atoms with van der Waals surface area (Å²) in [6.07, 6.45) is 4.84. The summed E-state index contributed by atoms with van der Waals surface area (Å²) in [6.45, 7) is 3.94. The Labute approximate surface area is 145 Å². The normalized spacial score (nSPS) is 15.5. The first kappa shape index (κ1) is 18.1. The summed E-state index contributed by atoms with van der Waals surface area (Å²) in [4.78, 5) is 8.98. The van der Waals surface area contributed by atoms with E-state index in [0.29, 0.717) is 0 Å². The van der Waals surface area contributed by atoms with Crippen LogP contribution in [-0.4, -0.2) is 44.1 Å². The van der Waals surface area contributed by atoms with Crippen LogP contribution in [0.3, 0.4) is 0 Å². The Morgan fingerprint density at radius 2 is 1.86 bits per heavy atom. The smallest absolute Gasteiger partial charge is 0.191 e. The molecule has 0 unspecified atom stereocenters. The van der Waals surface area contributed by atoms with E-state index in [-0.39, 0.29) is 24.0 Å². The molecule has 0 amide bonds. The molecule has 21 heavy (non-hydrogen) atoms. The highest BCUT2D eigenvalue weighted by molar-refractivity contribution is 14.0. The number of hydrogen-bond donors (Lipinski definition) is 1. The first-order valence-electron chi connectivity index (χ1n) is 7.58. The van der Waals surface area contributed by atoms with Crippen molar-refractivity contribution < 1.29 is 0 Å². The van der Waals surface area contributed by atoms with Gasteiger partial charge in [0.25, 0.3) is 0 Å². The molecule has 1 aromatic carbocycles. The molecule has 4 nitrogen and oxygen atoms in total. The predicted molar refractivity (Wildman–Crippen MR) is 102 cm³/mol. The van der Waals surface area contributed by atoms with E-state index in [2.05, 4.69) is 46.1 Å². The fraction of sp³-hybridized carbons (Fsp3) is 0.562. The lowest BCUT2D eigenvalue weighted by Gasteiger charge is -2.27. The molecule has 2 rings (SSSR count). The lowest BCUT2D eigenvalue weighted by Crippen LogP contribution is -2.41. The monoisotopic (exact) mass is 402 g/mol. The van der Waals surface area contributed by atoms with Crippen molar-refractivity contribution in [2.24, 2.45) is 10.7 Å². The maximum Gasteiger partial charge on any atom is 0.191 e. The Morgan fingerprint density at radius 3 is 2.52 bits per heavy atom. The number of rotatable bonds is 5. The number of nitrogens with two attached hydrogens (primary N) is 1. The second-order valence-electron chi connectivity index (χ2n) is 5.40. The van der Waals surface area contributed by atoms with E-state index in [0.717, 1.165) is 38.6 Å². The van der Waals surface area contributed by atoms with Gasteiger partial charge in [-0.1, -0.05) is 18.2 Å². The topological polar surface area (TPSA) is 44.9 Å². The van der Waals surface area contributed by atoms with Crippen molar-refractivity contribution in [3.05, 3.63) is 30.3 Å². The van der Waals surface area contributed by atoms with Crippen molar-refractivity contribution in [2.75, 3.05) is 38.1 Å². The van der Waals surface area contributed by atoms with Crippen LogP contribution in [0.4, 0.5) is 5.69 Å². The van der Waals surface area contributed by atoms with Gasteiger partial charge < -0.3 is 15.5 Å². The number of likely N-dealkylation sites (tertiary alicyclic amines) is 1. The highest BCUT2D eigenvalue weighted by Crippen LogP contribution is 2.11. The maximum absolute atomic E-state index is 6.04. The van der Waals surface area contributed by atoms with Crippen molar-refractivity contribution in [3.63, 3.8) is 0 Å². The minimum absolute atomic E-state index is 0. The number of aliphatic imine (C=N–C) groups is 1. The molecule has 1 aliphatic heterocycles. The van der Waals surface area contributed by atoms with Gasteiger partial charge in [-0.15, -0.1) is 24.0 Å². The van der Waals surface area contributed by atoms with Crippen molar-refractivity contribution >= 4 is 35.6 Å². The summed E-state index contributed by atoms with van der Waals surface area (Å²) in [5, 5.41) is 0. The van der Waals surface area contributed by atoms with Crippen LogP contribution < -0.4 is 10.6 Å². The molecule has 0 bridgehead atoms. The fourth-order valence-electron chi connectivity index (χ4n) is 2.54. The predicted octanol–water partition coefficient (Wildman–Crippen LogP) is 2.93. The SMILES string of the molecule is CN(CCCN=C(N)N1CCCCC1)c1ccccc1.I. The minimum atomic E-state index is 0. The Kier molecular flexibility index (Phi) is 8.49. The average molecular weight is 402 g/mol. The molecule has 1 saturated heterocycles. The summed E-state index contributed by atoms with van der Waals surface area (Å²) in [7, 11) is 2.12. The molecule has 1 aliphatic rings. The van der Waals surface area contributed by atoms with E-state index in [1.165, 1.54) is 24.9 Å². The molecule has 0 radical (unpaired) electrons. The molecule has 0 aliphatic carbocycles. The second-order valence-corrected chi connectivity index (χ2v) is 5.40. The summed E-state index contributed by atoms with van der Waals surface area (Å²) < 4.78 is 0. The summed E-state index contributed by atoms with van der Waals surface area (Å²) in [5.74, 6) is 0.729. The lowest BCUT2D eigenvalue weighted by atomic mass is 10.1. The molecule has 1 aromatic rings. The van der Waals surface area contributed by atoms with Crippen LogP contribution in [0.2, 0.25) is 0 Å². The van der Waals surface area contributed by atoms with Gasteiger partial charge in [0.2, 0.25) is 0 Å². The first-order chi connectivity index (χ1) is 9.77. The number of benzene rings is 1. The number of hydrogen-bond acceptors (Lipinski definition) is 2. The first-order valence-corrected chi connectivity index (χ1v) is 7.58. The highest BCUT2D eigenvalue weighted by Gasteiger charge is 2.11. The zero-order valence-corrected chi connectivity index (χ0v) is 15.2. The number of nitrogens with zero attached hydrogens (tertiary/aromatic N) is 3. The molecular formula is C16H27IN4. The van der Waals surface area contributed by atoms with Crippen LogP contribution >= 0.6 is 24.0 Å². The van der Waals surface area contributed by atoms with Crippen molar-refractivity contribution in [1.29, 1.82) is 0 Å². The molecule has 2 N–H and O–H groups in total. The summed E-state index contributed by atoms with van der Waals surface area (Å²) in [6, 6.07) is 10.4. The molecule has 0 saturated carbocycles. The van der Waals surface area contributed by atoms with E-state index >= 15 is 0 Å². The second kappa shape index (κ2) is 9.87. The molecule has 0 aromatic heterocycles. The van der Waals surface area contributed by atoms with Gasteiger partial charge in [0.05, 0.1) is 0 Å². The van der Waals surface area contributed by atoms with Crippen molar-refractivity contribution in [2.45, 2.75) is 25.7 Å². The number of para-hydroxylation sites is 1. The Balaban J connectivity index is 0.00000220. The molecular weight excluding hydrogens is 375 g/mol. The van der Waals surface area contributed by atoms with Crippen LogP contribution in [0.15, 0.2) is 35.3 Å². The zero-order chi connectivity index (χ0) is 14.2. The van der Waals surface area contributed by atoms with Crippen LogP contribution in [0.25, 0.3) is 0 Å². The molecule has 5 heteroatoms. The Hall–Kier alpha value is -0.980. The van der Waals surface area contributed by atoms with E-state index in [1.807, 2.05) is 6.07 Å². The minimum Gasteiger partial charge on any atom is -0.375 e. The number of anilines is 1. The maximum atomic E-state index is 6.04. The lowest BCUT2D eigenvalue weighted by molar-refractivity contribution is 0.338. The van der Waals surface area contributed by atoms with E-state index in [1.54, 1.807) is 0 Å². The summed E-state index contributed by atoms with van der Waals surface area (Å²) >= 11 is 0. The zero-order valence-electron chi connectivity index (χ0n) is 12.9. The largest absolute Gasteiger partial charge is 0.375 e. The van der Waals surface area contributed by atoms with Gasteiger partial charge in [-0.2, -0.15) is 0 Å². The van der Waals surface area contributed by atoms with Gasteiger partial charge in [0.1, 0.15) is 0 Å². The third-order valence-electron chi connectivity index (χ3n) is 3.80. The summed E-state index contributed by atoms with van der Waals surface area (Å²) in [5.41, 5.74) is 7.29. The van der Waals surface area contributed by atoms with Gasteiger partial charge in [-0.25, -0.2) is 0 Å². The average Bonchev–Trinajstić information content (AvgIpc) is 2.53. The molecule has 1 heterocycles. The Bertz CT molecular complexity index is 416. The quantitative estimate of drug-likeness (QED) is 0.357. The van der Waals surface area contributed by atoms with Crippen molar-refractivity contribution in [1.82, 2.24) is 4.90 Å². The van der Waals surface area contributed by atoms with Gasteiger partial charge in [0, 0.05) is 38.9 Å². The van der Waals surface area contributed by atoms with Gasteiger partial charge in [-0.05, 0) is 37.8 Å². The van der Waals surface area contributed by atoms with Crippen LogP contribution in [0.1, 0.15) is 25.7 Å². The van der Waals surface area contributed by atoms with Gasteiger partial charge in [0.15, 0.2) is 5.96 Å². The molecule has 0 spiro atoms. The van der Waals surface area contributed by atoms with Crippen LogP contribution in [0.5, 0.6) is 0 Å². The van der Waals surface area contributed by atoms with Crippen LogP contribution in [-0.2, 0) is 0 Å². The number of halogens is 1. The van der Waals surface area contributed by atoms with Gasteiger partial charge >= 0.3 is 0 Å². The molecule has 118 valence electrons. The van der Waals surface area contributed by atoms with Crippen molar-refractivity contribution in [3.8, 4) is 0 Å². The molecule has 1 fully saturated rings. The number of guanidine groups is 1. The Morgan fingerprint density at radius 1 is 1.19 bits per heavy atom. The third kappa shape index (κ3) is 6.11. The highest BCUT2D eigenvalue weighted by atomic mass is 127. The van der Waals surface area contributed by atoms with Gasteiger partial charge in [-0.3, -0.25) is 4.99 Å². The fourth-order valence-corrected chi connectivity index (χ4v) is 2.54. The standard InChI is InChI=1S/C16H26N4.HI/c1-19(15-9-4-2-5-10-15)12-8-11-18-16(17)20-13-6-3-7-14-20;/h2,4-5,9-10H,3,6-8,11-14H2,1H3,(H2,17,18);1H. The van der Waals surface area contributed by atoms with E-state index in [4.69, 9.17) is 5.73 Å².